The molecule has 0 spiro atoms. The van der Waals surface area contributed by atoms with Crippen LogP contribution in [0.15, 0.2) is 35.4 Å². The summed E-state index contributed by atoms with van der Waals surface area (Å²) in [6, 6.07) is 5.52. The summed E-state index contributed by atoms with van der Waals surface area (Å²) in [4.78, 5) is 14.6. The largest absolute Gasteiger partial charge is 0.299 e. The summed E-state index contributed by atoms with van der Waals surface area (Å²) >= 11 is 0. The summed E-state index contributed by atoms with van der Waals surface area (Å²) < 4.78 is 1.66. The van der Waals surface area contributed by atoms with Crippen molar-refractivity contribution in [2.75, 3.05) is 13.1 Å². The maximum atomic E-state index is 12.2. The third-order valence-electron chi connectivity index (χ3n) is 4.83. The molecule has 0 N–H and O–H groups in total. The summed E-state index contributed by atoms with van der Waals surface area (Å²) in [5.41, 5.74) is 2.12. The van der Waals surface area contributed by atoms with Gasteiger partial charge in [0.1, 0.15) is 0 Å². The van der Waals surface area contributed by atoms with E-state index in [0.717, 1.165) is 38.2 Å². The van der Waals surface area contributed by atoms with Crippen LogP contribution in [0.25, 0.3) is 0 Å². The topological polar surface area (TPSA) is 63.9 Å². The summed E-state index contributed by atoms with van der Waals surface area (Å²) in [7, 11) is 0. The van der Waals surface area contributed by atoms with E-state index in [0.29, 0.717) is 12.5 Å². The van der Waals surface area contributed by atoms with Crippen LogP contribution in [0.4, 0.5) is 0 Å². The molecule has 6 nitrogen and oxygen atoms in total. The van der Waals surface area contributed by atoms with Crippen molar-refractivity contribution in [3.8, 4) is 0 Å². The fraction of sp³-hybridized carbons (Fsp3) is 0.579. The molecule has 25 heavy (non-hydrogen) atoms. The van der Waals surface area contributed by atoms with E-state index in [1.807, 2.05) is 18.3 Å². The Morgan fingerprint density at radius 2 is 1.88 bits per heavy atom. The Labute approximate surface area is 148 Å². The fourth-order valence-corrected chi connectivity index (χ4v) is 3.22. The van der Waals surface area contributed by atoms with Crippen molar-refractivity contribution in [2.45, 2.75) is 52.1 Å². The maximum absolute atomic E-state index is 12.2. The number of hydrogen-bond donors (Lipinski definition) is 0. The number of hydrogen-bond acceptors (Lipinski definition) is 5. The second kappa shape index (κ2) is 7.44. The maximum Gasteiger partial charge on any atom is 0.266 e. The van der Waals surface area contributed by atoms with E-state index in [-0.39, 0.29) is 11.0 Å². The second-order valence-corrected chi connectivity index (χ2v) is 7.96. The standard InChI is InChI=1S/C19H27N5O/c1-19(2,3)17-4-5-18(25)24(22-17)14-15-7-10-23(11-8-15)13-16-6-9-20-21-12-16/h4-6,9,12,15H,7-8,10-11,13-14H2,1-3H3. The minimum absolute atomic E-state index is 0.00158. The van der Waals surface area contributed by atoms with Crippen LogP contribution in [0.1, 0.15) is 44.9 Å². The van der Waals surface area contributed by atoms with Gasteiger partial charge >= 0.3 is 0 Å². The van der Waals surface area contributed by atoms with Crippen LogP contribution in [-0.4, -0.2) is 38.0 Å². The van der Waals surface area contributed by atoms with Gasteiger partial charge in [0, 0.05) is 30.8 Å². The Hall–Kier alpha value is -2.08. The van der Waals surface area contributed by atoms with Crippen LogP contribution in [0.2, 0.25) is 0 Å². The van der Waals surface area contributed by atoms with E-state index in [9.17, 15) is 4.79 Å². The van der Waals surface area contributed by atoms with E-state index in [1.54, 1.807) is 16.9 Å². The van der Waals surface area contributed by atoms with Crippen LogP contribution in [-0.2, 0) is 18.5 Å². The van der Waals surface area contributed by atoms with E-state index >= 15 is 0 Å². The average Bonchev–Trinajstić information content (AvgIpc) is 2.58. The first kappa shape index (κ1) is 17.7. The van der Waals surface area contributed by atoms with Crippen LogP contribution >= 0.6 is 0 Å². The predicted octanol–water partition coefficient (Wildman–Crippen LogP) is 2.24. The molecule has 6 heteroatoms. The molecule has 2 aromatic heterocycles. The zero-order chi connectivity index (χ0) is 17.9. The lowest BCUT2D eigenvalue weighted by atomic mass is 9.92. The normalized spacial score (nSPS) is 16.9. The van der Waals surface area contributed by atoms with Crippen LogP contribution < -0.4 is 5.56 Å². The van der Waals surface area contributed by atoms with Crippen molar-refractivity contribution < 1.29 is 0 Å². The van der Waals surface area contributed by atoms with Crippen molar-refractivity contribution >= 4 is 0 Å². The molecule has 0 amide bonds. The lowest BCUT2D eigenvalue weighted by molar-refractivity contribution is 0.163. The van der Waals surface area contributed by atoms with Crippen LogP contribution in [0, 0.1) is 5.92 Å². The van der Waals surface area contributed by atoms with Gasteiger partial charge in [-0.15, -0.1) is 0 Å². The first-order valence-electron chi connectivity index (χ1n) is 8.98. The minimum Gasteiger partial charge on any atom is -0.299 e. The van der Waals surface area contributed by atoms with E-state index in [2.05, 4.69) is 41.0 Å². The molecule has 1 aliphatic heterocycles. The molecule has 1 fully saturated rings. The fourth-order valence-electron chi connectivity index (χ4n) is 3.22. The van der Waals surface area contributed by atoms with Gasteiger partial charge in [-0.25, -0.2) is 4.68 Å². The molecule has 0 atom stereocenters. The van der Waals surface area contributed by atoms with Crippen molar-refractivity contribution in [1.29, 1.82) is 0 Å². The summed E-state index contributed by atoms with van der Waals surface area (Å²) in [6.07, 6.45) is 5.74. The highest BCUT2D eigenvalue weighted by atomic mass is 16.1. The zero-order valence-corrected chi connectivity index (χ0v) is 15.4. The Balaban J connectivity index is 1.58. The van der Waals surface area contributed by atoms with Crippen molar-refractivity contribution in [1.82, 2.24) is 24.9 Å². The molecule has 2 aromatic rings. The number of aromatic nitrogens is 4. The van der Waals surface area contributed by atoms with Gasteiger partial charge in [0.25, 0.3) is 5.56 Å². The average molecular weight is 341 g/mol. The molecular weight excluding hydrogens is 314 g/mol. The smallest absolute Gasteiger partial charge is 0.266 e. The van der Waals surface area contributed by atoms with Gasteiger partial charge < -0.3 is 0 Å². The SMILES string of the molecule is CC(C)(C)c1ccc(=O)n(CC2CCN(Cc3ccnnc3)CC2)n1. The molecule has 0 bridgehead atoms. The summed E-state index contributed by atoms with van der Waals surface area (Å²) in [6.45, 7) is 10.1. The summed E-state index contributed by atoms with van der Waals surface area (Å²) in [5.74, 6) is 0.507. The highest BCUT2D eigenvalue weighted by molar-refractivity contribution is 5.10. The lowest BCUT2D eigenvalue weighted by Gasteiger charge is -2.32. The van der Waals surface area contributed by atoms with Gasteiger partial charge in [0.15, 0.2) is 0 Å². The number of piperidine rings is 1. The molecule has 0 saturated carbocycles. The molecule has 3 heterocycles. The lowest BCUT2D eigenvalue weighted by Crippen LogP contribution is -2.37. The van der Waals surface area contributed by atoms with Gasteiger partial charge in [-0.2, -0.15) is 15.3 Å². The molecule has 3 rings (SSSR count). The molecule has 0 aromatic carbocycles. The molecule has 0 radical (unpaired) electrons. The molecule has 1 saturated heterocycles. The zero-order valence-electron chi connectivity index (χ0n) is 15.4. The Kier molecular flexibility index (Phi) is 5.27. The second-order valence-electron chi connectivity index (χ2n) is 7.96. The van der Waals surface area contributed by atoms with Gasteiger partial charge in [0.05, 0.1) is 11.9 Å². The van der Waals surface area contributed by atoms with E-state index in [1.165, 1.54) is 5.56 Å². The van der Waals surface area contributed by atoms with Crippen LogP contribution in [0.5, 0.6) is 0 Å². The Morgan fingerprint density at radius 3 is 2.52 bits per heavy atom. The number of rotatable bonds is 4. The third-order valence-corrected chi connectivity index (χ3v) is 4.83. The number of likely N-dealkylation sites (tertiary alicyclic amines) is 1. The summed E-state index contributed by atoms with van der Waals surface area (Å²) in [5, 5.41) is 12.4. The van der Waals surface area contributed by atoms with Crippen LogP contribution in [0.3, 0.4) is 0 Å². The quantitative estimate of drug-likeness (QED) is 0.853. The Bertz CT molecular complexity index is 742. The Morgan fingerprint density at radius 1 is 1.12 bits per heavy atom. The van der Waals surface area contributed by atoms with E-state index < -0.39 is 0 Å². The predicted molar refractivity (Wildman–Crippen MR) is 97.2 cm³/mol. The van der Waals surface area contributed by atoms with Crippen molar-refractivity contribution in [3.63, 3.8) is 0 Å². The molecule has 0 unspecified atom stereocenters. The highest BCUT2D eigenvalue weighted by Crippen LogP contribution is 2.21. The van der Waals surface area contributed by atoms with Crippen molar-refractivity contribution in [3.05, 3.63) is 52.2 Å². The van der Waals surface area contributed by atoms with Gasteiger partial charge in [-0.1, -0.05) is 20.8 Å². The third kappa shape index (κ3) is 4.72. The minimum atomic E-state index is -0.0443. The monoisotopic (exact) mass is 341 g/mol. The first-order valence-corrected chi connectivity index (χ1v) is 8.98. The molecular formula is C19H27N5O. The van der Waals surface area contributed by atoms with Crippen molar-refractivity contribution in [2.24, 2.45) is 5.92 Å². The first-order chi connectivity index (χ1) is 11.9. The molecule has 134 valence electrons. The molecule has 0 aliphatic carbocycles. The number of nitrogens with zero attached hydrogens (tertiary/aromatic N) is 5. The highest BCUT2D eigenvalue weighted by Gasteiger charge is 2.22. The molecule has 1 aliphatic rings. The van der Waals surface area contributed by atoms with Gasteiger partial charge in [-0.3, -0.25) is 9.69 Å². The van der Waals surface area contributed by atoms with Gasteiger partial charge in [-0.05, 0) is 49.5 Å². The van der Waals surface area contributed by atoms with Gasteiger partial charge in [0.2, 0.25) is 0 Å². The van der Waals surface area contributed by atoms with E-state index in [4.69, 9.17) is 0 Å².